The first-order valence-corrected chi connectivity index (χ1v) is 18.7. The van der Waals surface area contributed by atoms with Crippen molar-refractivity contribution in [3.63, 3.8) is 0 Å². The van der Waals surface area contributed by atoms with Crippen LogP contribution in [0.15, 0.2) is 85.2 Å². The van der Waals surface area contributed by atoms with Crippen molar-refractivity contribution >= 4 is 24.0 Å². The first kappa shape index (κ1) is 41.3. The minimum Gasteiger partial charge on any atom is -0.453 e. The molecular weight excluding hydrogens is 725 g/mol. The van der Waals surface area contributed by atoms with Gasteiger partial charge >= 0.3 is 12.2 Å². The molecule has 14 nitrogen and oxygen atoms in total. The van der Waals surface area contributed by atoms with Gasteiger partial charge < -0.3 is 39.9 Å². The van der Waals surface area contributed by atoms with Crippen LogP contribution in [0.4, 0.5) is 9.59 Å². The molecule has 0 fully saturated rings. The van der Waals surface area contributed by atoms with Crippen molar-refractivity contribution in [1.82, 2.24) is 40.4 Å². The van der Waals surface area contributed by atoms with E-state index in [0.29, 0.717) is 36.7 Å². The molecule has 0 unspecified atom stereocenters. The minimum atomic E-state index is -0.914. The smallest absolute Gasteiger partial charge is 0.407 e. The van der Waals surface area contributed by atoms with Crippen LogP contribution in [0.25, 0.3) is 33.6 Å². The molecule has 0 saturated heterocycles. The van der Waals surface area contributed by atoms with Crippen LogP contribution in [0.1, 0.15) is 62.4 Å². The summed E-state index contributed by atoms with van der Waals surface area (Å²) in [6, 6.07) is 22.3. The van der Waals surface area contributed by atoms with Gasteiger partial charge in [-0.25, -0.2) is 19.6 Å². The molecule has 57 heavy (non-hydrogen) atoms. The number of hydrogen-bond acceptors (Lipinski definition) is 8. The Morgan fingerprint density at radius 2 is 1.33 bits per heavy atom. The molecule has 0 spiro atoms. The van der Waals surface area contributed by atoms with E-state index >= 15 is 0 Å². The molecule has 3 aromatic carbocycles. The Bertz CT molecular complexity index is 2200. The molecule has 296 valence electrons. The monoisotopic (exact) mass is 772 g/mol. The van der Waals surface area contributed by atoms with Gasteiger partial charge in [-0.3, -0.25) is 9.59 Å². The van der Waals surface area contributed by atoms with E-state index in [4.69, 9.17) is 4.74 Å². The lowest BCUT2D eigenvalue weighted by atomic mass is 9.96. The zero-order valence-corrected chi connectivity index (χ0v) is 32.8. The largest absolute Gasteiger partial charge is 0.453 e. The number of ether oxygens (including phenoxy) is 2. The number of amides is 4. The summed E-state index contributed by atoms with van der Waals surface area (Å²) in [5, 5.41) is 5.12. The third-order valence-electron chi connectivity index (χ3n) is 9.08. The lowest BCUT2D eigenvalue weighted by Crippen LogP contribution is -2.43. The fourth-order valence-corrected chi connectivity index (χ4v) is 6.29. The molecule has 2 aromatic heterocycles. The quantitative estimate of drug-likeness (QED) is 0.0830. The van der Waals surface area contributed by atoms with E-state index in [9.17, 15) is 19.2 Å². The van der Waals surface area contributed by atoms with Gasteiger partial charge in [0.15, 0.2) is 0 Å². The molecule has 1 atom stereocenters. The second-order valence-electron chi connectivity index (χ2n) is 13.1. The lowest BCUT2D eigenvalue weighted by Gasteiger charge is -2.27. The Kier molecular flexibility index (Phi) is 14.6. The molecule has 5 aromatic rings. The summed E-state index contributed by atoms with van der Waals surface area (Å²) < 4.78 is 9.38. The van der Waals surface area contributed by atoms with Crippen molar-refractivity contribution in [1.29, 1.82) is 0 Å². The van der Waals surface area contributed by atoms with Crippen molar-refractivity contribution in [3.05, 3.63) is 108 Å². The third-order valence-corrected chi connectivity index (χ3v) is 9.08. The highest BCUT2D eigenvalue weighted by molar-refractivity contribution is 5.87. The van der Waals surface area contributed by atoms with Gasteiger partial charge in [-0.2, -0.15) is 0 Å². The molecule has 4 amide bonds. The minimum absolute atomic E-state index is 0.167. The van der Waals surface area contributed by atoms with E-state index in [-0.39, 0.29) is 31.4 Å². The Labute approximate surface area is 332 Å². The number of nitrogens with one attached hydrogen (secondary N) is 4. The Morgan fingerprint density at radius 1 is 0.754 bits per heavy atom. The van der Waals surface area contributed by atoms with Gasteiger partial charge in [0.2, 0.25) is 11.8 Å². The van der Waals surface area contributed by atoms with E-state index < -0.39 is 18.2 Å². The molecule has 0 saturated carbocycles. The highest BCUT2D eigenvalue weighted by Crippen LogP contribution is 2.30. The van der Waals surface area contributed by atoms with E-state index in [1.165, 1.54) is 14.2 Å². The number of H-pyrrole nitrogens is 2. The normalized spacial score (nSPS) is 11.1. The van der Waals surface area contributed by atoms with E-state index in [1.807, 2.05) is 74.5 Å². The predicted molar refractivity (Wildman–Crippen MR) is 216 cm³/mol. The van der Waals surface area contributed by atoms with Gasteiger partial charge in [-0.15, -0.1) is 5.92 Å². The number of aromatic amines is 2. The number of nitrogens with zero attached hydrogens (tertiary/aromatic N) is 4. The zero-order valence-electron chi connectivity index (χ0n) is 32.8. The molecule has 0 aliphatic heterocycles. The van der Waals surface area contributed by atoms with Crippen molar-refractivity contribution < 1.29 is 28.7 Å². The SMILES string of the molecule is CC#Cc1cc(-c2cnc(CN(CCC)C(=O)CNC(=O)OC)[nH]2)ccc1-c1ccc(-c2cnc(CN(CCC)C(=O)[C@H](NC(=O)OC)c3ccccc3)[nH]2)cc1. The molecule has 14 heteroatoms. The van der Waals surface area contributed by atoms with Crippen LogP contribution < -0.4 is 10.6 Å². The maximum atomic E-state index is 13.8. The maximum absolute atomic E-state index is 13.8. The molecule has 0 aliphatic rings. The van der Waals surface area contributed by atoms with Gasteiger partial charge in [0.1, 0.15) is 24.2 Å². The summed E-state index contributed by atoms with van der Waals surface area (Å²) in [6.07, 6.45) is 3.59. The highest BCUT2D eigenvalue weighted by Gasteiger charge is 2.28. The number of hydrogen-bond donors (Lipinski definition) is 4. The van der Waals surface area contributed by atoms with Crippen molar-refractivity contribution in [2.45, 2.75) is 52.7 Å². The van der Waals surface area contributed by atoms with Crippen LogP contribution >= 0.6 is 0 Å². The highest BCUT2D eigenvalue weighted by atomic mass is 16.5. The molecule has 2 heterocycles. The Balaban J connectivity index is 1.30. The zero-order chi connectivity index (χ0) is 40.7. The van der Waals surface area contributed by atoms with Crippen LogP contribution in [-0.4, -0.2) is 87.6 Å². The summed E-state index contributed by atoms with van der Waals surface area (Å²) in [6.45, 7) is 7.06. The number of carbonyl (C=O) groups excluding carboxylic acids is 4. The second-order valence-corrected chi connectivity index (χ2v) is 13.1. The standard InChI is InChI=1S/C43H48N8O6/c1-6-12-32-23-33(36-25-45-37(48-36)27-50(21-7-2)39(52)26-46-42(54)56-4)19-20-34(32)29-15-17-30(18-16-29)35-24-44-38(47-35)28-51(22-8-3)41(53)40(49-43(55)57-5)31-13-10-9-11-14-31/h9-11,13-20,23-25,40H,7-8,21-22,26-28H2,1-5H3,(H,44,47)(H,45,48)(H,46,54)(H,49,55)/t40-/m1/s1. The number of aromatic nitrogens is 4. The summed E-state index contributed by atoms with van der Waals surface area (Å²) >= 11 is 0. The third kappa shape index (κ3) is 10.9. The number of alkyl carbamates (subject to hydrolysis) is 2. The summed E-state index contributed by atoms with van der Waals surface area (Å²) in [4.78, 5) is 69.4. The average molecular weight is 773 g/mol. The Hall–Kier alpha value is -6.88. The Morgan fingerprint density at radius 3 is 1.95 bits per heavy atom. The predicted octanol–water partition coefficient (Wildman–Crippen LogP) is 6.44. The lowest BCUT2D eigenvalue weighted by molar-refractivity contribution is -0.134. The summed E-state index contributed by atoms with van der Waals surface area (Å²) in [5.41, 5.74) is 6.83. The van der Waals surface area contributed by atoms with Crippen LogP contribution in [0.3, 0.4) is 0 Å². The molecular formula is C43H48N8O6. The van der Waals surface area contributed by atoms with Crippen molar-refractivity contribution in [2.24, 2.45) is 0 Å². The summed E-state index contributed by atoms with van der Waals surface area (Å²) in [7, 11) is 2.52. The van der Waals surface area contributed by atoms with Crippen LogP contribution in [0.2, 0.25) is 0 Å². The average Bonchev–Trinajstić information content (AvgIpc) is 3.92. The van der Waals surface area contributed by atoms with Gasteiger partial charge in [-0.05, 0) is 48.1 Å². The molecule has 0 aliphatic carbocycles. The first-order valence-electron chi connectivity index (χ1n) is 18.7. The molecule has 4 N–H and O–H groups in total. The van der Waals surface area contributed by atoms with Crippen LogP contribution in [0, 0.1) is 11.8 Å². The van der Waals surface area contributed by atoms with E-state index in [1.54, 1.807) is 41.2 Å². The fourth-order valence-electron chi connectivity index (χ4n) is 6.29. The number of rotatable bonds is 16. The fraction of sp³-hybridized carbons (Fsp3) is 0.302. The summed E-state index contributed by atoms with van der Waals surface area (Å²) in [5.74, 6) is 6.99. The van der Waals surface area contributed by atoms with Crippen molar-refractivity contribution in [3.8, 4) is 45.5 Å². The number of methoxy groups -OCH3 is 2. The molecule has 0 bridgehead atoms. The maximum Gasteiger partial charge on any atom is 0.407 e. The number of benzene rings is 3. The molecule has 0 radical (unpaired) electrons. The van der Waals surface area contributed by atoms with Gasteiger partial charge in [0, 0.05) is 24.2 Å². The van der Waals surface area contributed by atoms with Gasteiger partial charge in [0.05, 0.1) is 51.1 Å². The molecule has 5 rings (SSSR count). The second kappa shape index (κ2) is 20.2. The topological polar surface area (TPSA) is 175 Å². The van der Waals surface area contributed by atoms with E-state index in [0.717, 1.165) is 45.6 Å². The first-order chi connectivity index (χ1) is 27.7. The number of imidazole rings is 2. The van der Waals surface area contributed by atoms with Crippen molar-refractivity contribution in [2.75, 3.05) is 33.9 Å². The van der Waals surface area contributed by atoms with Crippen LogP contribution in [-0.2, 0) is 32.2 Å². The van der Waals surface area contributed by atoms with Gasteiger partial charge in [0.25, 0.3) is 0 Å². The van der Waals surface area contributed by atoms with Crippen LogP contribution in [0.5, 0.6) is 0 Å². The van der Waals surface area contributed by atoms with Gasteiger partial charge in [-0.1, -0.05) is 86.5 Å². The number of carbonyl (C=O) groups is 4. The van der Waals surface area contributed by atoms with E-state index in [2.05, 4.69) is 47.1 Å².